The van der Waals surface area contributed by atoms with E-state index in [9.17, 15) is 4.79 Å². The summed E-state index contributed by atoms with van der Waals surface area (Å²) in [5.74, 6) is 0.217. The minimum absolute atomic E-state index is 0.0943. The van der Waals surface area contributed by atoms with E-state index in [0.29, 0.717) is 21.4 Å². The third-order valence-electron chi connectivity index (χ3n) is 3.07. The first-order valence-corrected chi connectivity index (χ1v) is 7.69. The van der Waals surface area contributed by atoms with Gasteiger partial charge in [0.05, 0.1) is 19.5 Å². The van der Waals surface area contributed by atoms with Crippen LogP contribution in [0, 0.1) is 0 Å². The zero-order valence-electron chi connectivity index (χ0n) is 12.3. The molecule has 24 heavy (non-hydrogen) atoms. The maximum Gasteiger partial charge on any atom is 0.280 e. The van der Waals surface area contributed by atoms with Crippen molar-refractivity contribution in [2.24, 2.45) is 0 Å². The molecule has 1 aromatic carbocycles. The summed E-state index contributed by atoms with van der Waals surface area (Å²) in [4.78, 5) is 23.1. The third kappa shape index (κ3) is 3.68. The number of aromatic nitrogens is 4. The van der Waals surface area contributed by atoms with E-state index in [-0.39, 0.29) is 31.4 Å². The lowest BCUT2D eigenvalue weighted by Gasteiger charge is -2.08. The van der Waals surface area contributed by atoms with E-state index in [2.05, 4.69) is 20.3 Å². The number of imidazole rings is 1. The standard InChI is InChI=1S/C14H13Cl2N5O3/c15-8-3-9(16)5-10(4-8)18-14-19-12-11(13(23)20-14)17-6-21(12)7-24-2-1-22/h3-6,22H,1-2,7H2,(H2,18,19,20,23). The molecule has 0 aliphatic heterocycles. The van der Waals surface area contributed by atoms with Gasteiger partial charge in [-0.3, -0.25) is 14.3 Å². The molecule has 0 bridgehead atoms. The van der Waals surface area contributed by atoms with Gasteiger partial charge in [-0.1, -0.05) is 23.2 Å². The Morgan fingerprint density at radius 3 is 2.75 bits per heavy atom. The molecular weight excluding hydrogens is 357 g/mol. The van der Waals surface area contributed by atoms with Gasteiger partial charge in [0, 0.05) is 15.7 Å². The summed E-state index contributed by atoms with van der Waals surface area (Å²) in [5, 5.41) is 12.6. The van der Waals surface area contributed by atoms with Crippen molar-refractivity contribution < 1.29 is 9.84 Å². The highest BCUT2D eigenvalue weighted by Crippen LogP contribution is 2.24. The van der Waals surface area contributed by atoms with E-state index in [1.54, 1.807) is 22.8 Å². The van der Waals surface area contributed by atoms with E-state index < -0.39 is 5.56 Å². The Balaban J connectivity index is 1.93. The van der Waals surface area contributed by atoms with Crippen molar-refractivity contribution in [1.82, 2.24) is 19.5 Å². The minimum atomic E-state index is -0.392. The van der Waals surface area contributed by atoms with Gasteiger partial charge < -0.3 is 15.2 Å². The van der Waals surface area contributed by atoms with Crippen molar-refractivity contribution in [2.75, 3.05) is 18.5 Å². The lowest BCUT2D eigenvalue weighted by molar-refractivity contribution is 0.0499. The summed E-state index contributed by atoms with van der Waals surface area (Å²) >= 11 is 11.9. The van der Waals surface area contributed by atoms with Crippen LogP contribution >= 0.6 is 23.2 Å². The number of aliphatic hydroxyl groups is 1. The minimum Gasteiger partial charge on any atom is -0.394 e. The van der Waals surface area contributed by atoms with Gasteiger partial charge in [-0.25, -0.2) is 4.98 Å². The normalized spacial score (nSPS) is 11.1. The largest absolute Gasteiger partial charge is 0.394 e. The quantitative estimate of drug-likeness (QED) is 0.574. The maximum absolute atomic E-state index is 12.1. The number of nitrogens with zero attached hydrogens (tertiary/aromatic N) is 3. The number of fused-ring (bicyclic) bond motifs is 1. The van der Waals surface area contributed by atoms with Gasteiger partial charge in [0.15, 0.2) is 11.2 Å². The fourth-order valence-electron chi connectivity index (χ4n) is 2.10. The van der Waals surface area contributed by atoms with Gasteiger partial charge in [0.1, 0.15) is 6.73 Å². The van der Waals surface area contributed by atoms with Crippen LogP contribution in [0.15, 0.2) is 29.3 Å². The van der Waals surface area contributed by atoms with Crippen LogP contribution in [-0.4, -0.2) is 37.8 Å². The van der Waals surface area contributed by atoms with E-state index in [1.165, 1.54) is 6.33 Å². The molecule has 0 amide bonds. The van der Waals surface area contributed by atoms with Crippen LogP contribution in [0.2, 0.25) is 10.0 Å². The highest BCUT2D eigenvalue weighted by Gasteiger charge is 2.11. The molecule has 8 nitrogen and oxygen atoms in total. The second-order valence-corrected chi connectivity index (χ2v) is 5.72. The van der Waals surface area contributed by atoms with Gasteiger partial charge in [-0.15, -0.1) is 0 Å². The number of aromatic amines is 1. The number of nitrogens with one attached hydrogen (secondary N) is 2. The van der Waals surface area contributed by atoms with E-state index in [1.807, 2.05) is 0 Å². The number of anilines is 2. The fourth-order valence-corrected chi connectivity index (χ4v) is 2.62. The molecule has 0 saturated heterocycles. The monoisotopic (exact) mass is 369 g/mol. The molecule has 0 aliphatic rings. The fraction of sp³-hybridized carbons (Fsp3) is 0.214. The Labute approximate surface area is 146 Å². The molecule has 3 aromatic rings. The Hall–Kier alpha value is -2.13. The highest BCUT2D eigenvalue weighted by atomic mass is 35.5. The smallest absolute Gasteiger partial charge is 0.280 e. The molecule has 2 heterocycles. The zero-order valence-corrected chi connectivity index (χ0v) is 13.8. The predicted octanol–water partition coefficient (Wildman–Crippen LogP) is 2.14. The summed E-state index contributed by atoms with van der Waals surface area (Å²) in [7, 11) is 0. The van der Waals surface area contributed by atoms with Gasteiger partial charge in [-0.2, -0.15) is 4.98 Å². The number of ether oxygens (including phenoxy) is 1. The molecule has 0 spiro atoms. The van der Waals surface area contributed by atoms with Gasteiger partial charge >= 0.3 is 0 Å². The van der Waals surface area contributed by atoms with Crippen molar-refractivity contribution in [1.29, 1.82) is 0 Å². The average Bonchev–Trinajstić information content (AvgIpc) is 2.90. The molecule has 126 valence electrons. The van der Waals surface area contributed by atoms with E-state index >= 15 is 0 Å². The topological polar surface area (TPSA) is 105 Å². The lowest BCUT2D eigenvalue weighted by atomic mass is 10.3. The number of hydrogen-bond acceptors (Lipinski definition) is 6. The van der Waals surface area contributed by atoms with Gasteiger partial charge in [-0.05, 0) is 18.2 Å². The first kappa shape index (κ1) is 16.7. The molecule has 3 rings (SSSR count). The van der Waals surface area contributed by atoms with Crippen LogP contribution in [0.5, 0.6) is 0 Å². The van der Waals surface area contributed by atoms with Crippen LogP contribution < -0.4 is 10.9 Å². The molecule has 0 unspecified atom stereocenters. The van der Waals surface area contributed by atoms with Crippen molar-refractivity contribution in [3.05, 3.63) is 44.9 Å². The Kier molecular flexibility index (Phi) is 5.00. The number of benzene rings is 1. The van der Waals surface area contributed by atoms with Gasteiger partial charge in [0.2, 0.25) is 5.95 Å². The third-order valence-corrected chi connectivity index (χ3v) is 3.50. The van der Waals surface area contributed by atoms with Gasteiger partial charge in [0.25, 0.3) is 5.56 Å². The van der Waals surface area contributed by atoms with Crippen molar-refractivity contribution in [3.8, 4) is 0 Å². The Morgan fingerprint density at radius 2 is 2.04 bits per heavy atom. The average molecular weight is 370 g/mol. The van der Waals surface area contributed by atoms with E-state index in [4.69, 9.17) is 33.0 Å². The predicted molar refractivity (Wildman–Crippen MR) is 90.9 cm³/mol. The number of aliphatic hydroxyl groups excluding tert-OH is 1. The summed E-state index contributed by atoms with van der Waals surface area (Å²) in [6.07, 6.45) is 1.45. The molecule has 3 N–H and O–H groups in total. The maximum atomic E-state index is 12.1. The molecule has 10 heteroatoms. The van der Waals surface area contributed by atoms with Crippen molar-refractivity contribution >= 4 is 46.0 Å². The second kappa shape index (κ2) is 7.18. The first-order chi connectivity index (χ1) is 11.6. The molecule has 0 aliphatic carbocycles. The molecule has 0 atom stereocenters. The van der Waals surface area contributed by atoms with Crippen LogP contribution in [0.1, 0.15) is 0 Å². The molecular formula is C14H13Cl2N5O3. The number of H-pyrrole nitrogens is 1. The van der Waals surface area contributed by atoms with Crippen molar-refractivity contribution in [3.63, 3.8) is 0 Å². The number of halogens is 2. The van der Waals surface area contributed by atoms with E-state index in [0.717, 1.165) is 0 Å². The summed E-state index contributed by atoms with van der Waals surface area (Å²) in [6.45, 7) is 0.202. The van der Waals surface area contributed by atoms with Crippen molar-refractivity contribution in [2.45, 2.75) is 6.73 Å². The summed E-state index contributed by atoms with van der Waals surface area (Å²) < 4.78 is 6.80. The Bertz CT molecular complexity index is 904. The molecule has 0 radical (unpaired) electrons. The molecule has 0 saturated carbocycles. The van der Waals surface area contributed by atoms with Crippen LogP contribution in [0.3, 0.4) is 0 Å². The lowest BCUT2D eigenvalue weighted by Crippen LogP contribution is -2.13. The SMILES string of the molecule is O=c1[nH]c(Nc2cc(Cl)cc(Cl)c2)nc2c1ncn2COCCO. The summed E-state index contributed by atoms with van der Waals surface area (Å²) in [5.41, 5.74) is 0.735. The van der Waals surface area contributed by atoms with Crippen LogP contribution in [0.25, 0.3) is 11.2 Å². The zero-order chi connectivity index (χ0) is 17.1. The van der Waals surface area contributed by atoms with Crippen LogP contribution in [0.4, 0.5) is 11.6 Å². The molecule has 2 aromatic heterocycles. The number of rotatable bonds is 6. The number of hydrogen-bond donors (Lipinski definition) is 3. The Morgan fingerprint density at radius 1 is 1.29 bits per heavy atom. The van der Waals surface area contributed by atoms with Crippen LogP contribution in [-0.2, 0) is 11.5 Å². The molecule has 0 fully saturated rings. The summed E-state index contributed by atoms with van der Waals surface area (Å²) in [6, 6.07) is 4.90. The first-order valence-electron chi connectivity index (χ1n) is 6.93. The highest BCUT2D eigenvalue weighted by molar-refractivity contribution is 6.35. The second-order valence-electron chi connectivity index (χ2n) is 4.85.